The standard InChI is InChI=1S/C18H19N3O4/c1-12(22)19-13-6-8-14(9-7-13)20-17(23)15-4-2-10-21(15)18(24)16-5-3-11-25-16/h3,5-9,11,15H,2,4,10H2,1H3,(H,19,22)(H,20,23). The number of carbonyl (C=O) groups excluding carboxylic acids is 3. The van der Waals surface area contributed by atoms with Gasteiger partial charge in [-0.15, -0.1) is 0 Å². The summed E-state index contributed by atoms with van der Waals surface area (Å²) >= 11 is 0. The van der Waals surface area contributed by atoms with Gasteiger partial charge in [0, 0.05) is 24.8 Å². The van der Waals surface area contributed by atoms with E-state index >= 15 is 0 Å². The smallest absolute Gasteiger partial charge is 0.290 e. The average molecular weight is 341 g/mol. The van der Waals surface area contributed by atoms with Gasteiger partial charge in [-0.1, -0.05) is 0 Å². The maximum Gasteiger partial charge on any atom is 0.290 e. The lowest BCUT2D eigenvalue weighted by atomic mass is 10.2. The predicted octanol–water partition coefficient (Wildman–Crippen LogP) is 2.48. The average Bonchev–Trinajstić information content (AvgIpc) is 3.27. The Morgan fingerprint density at radius 2 is 1.76 bits per heavy atom. The van der Waals surface area contributed by atoms with E-state index < -0.39 is 6.04 Å². The quantitative estimate of drug-likeness (QED) is 0.894. The van der Waals surface area contributed by atoms with Gasteiger partial charge in [0.15, 0.2) is 5.76 Å². The van der Waals surface area contributed by atoms with Crippen molar-refractivity contribution in [2.75, 3.05) is 17.2 Å². The van der Waals surface area contributed by atoms with Crippen molar-refractivity contribution in [2.24, 2.45) is 0 Å². The molecule has 1 aliphatic rings. The highest BCUT2D eigenvalue weighted by atomic mass is 16.3. The molecule has 7 nitrogen and oxygen atoms in total. The molecule has 0 radical (unpaired) electrons. The second-order valence-corrected chi connectivity index (χ2v) is 5.88. The summed E-state index contributed by atoms with van der Waals surface area (Å²) in [6.45, 7) is 1.96. The fourth-order valence-electron chi connectivity index (χ4n) is 2.89. The molecule has 1 aliphatic heterocycles. The maximum absolute atomic E-state index is 12.6. The van der Waals surface area contributed by atoms with Crippen molar-refractivity contribution in [3.05, 3.63) is 48.4 Å². The van der Waals surface area contributed by atoms with Crippen LogP contribution >= 0.6 is 0 Å². The van der Waals surface area contributed by atoms with Crippen LogP contribution in [0.2, 0.25) is 0 Å². The maximum atomic E-state index is 12.6. The summed E-state index contributed by atoms with van der Waals surface area (Å²) < 4.78 is 5.14. The molecule has 1 unspecified atom stereocenters. The van der Waals surface area contributed by atoms with E-state index in [1.54, 1.807) is 41.3 Å². The fourth-order valence-corrected chi connectivity index (χ4v) is 2.89. The molecule has 1 atom stereocenters. The monoisotopic (exact) mass is 341 g/mol. The van der Waals surface area contributed by atoms with Crippen molar-refractivity contribution in [3.63, 3.8) is 0 Å². The van der Waals surface area contributed by atoms with Gasteiger partial charge in [0.25, 0.3) is 5.91 Å². The van der Waals surface area contributed by atoms with Crippen LogP contribution in [-0.4, -0.2) is 35.2 Å². The van der Waals surface area contributed by atoms with Crippen LogP contribution in [0.1, 0.15) is 30.3 Å². The number of nitrogens with one attached hydrogen (secondary N) is 2. The van der Waals surface area contributed by atoms with Gasteiger partial charge in [-0.3, -0.25) is 14.4 Å². The predicted molar refractivity (Wildman–Crippen MR) is 92.1 cm³/mol. The van der Waals surface area contributed by atoms with Crippen molar-refractivity contribution >= 4 is 29.1 Å². The van der Waals surface area contributed by atoms with E-state index in [1.807, 2.05) is 0 Å². The molecular formula is C18H19N3O4. The topological polar surface area (TPSA) is 91.7 Å². The number of carbonyl (C=O) groups is 3. The van der Waals surface area contributed by atoms with Crippen LogP contribution in [0.4, 0.5) is 11.4 Å². The third kappa shape index (κ3) is 3.88. The van der Waals surface area contributed by atoms with Gasteiger partial charge in [-0.05, 0) is 49.2 Å². The Labute approximate surface area is 145 Å². The molecule has 2 N–H and O–H groups in total. The highest BCUT2D eigenvalue weighted by molar-refractivity contribution is 6.00. The first kappa shape index (κ1) is 16.8. The van der Waals surface area contributed by atoms with Crippen molar-refractivity contribution in [2.45, 2.75) is 25.8 Å². The lowest BCUT2D eigenvalue weighted by Gasteiger charge is -2.23. The summed E-state index contributed by atoms with van der Waals surface area (Å²) in [5.41, 5.74) is 1.26. The Hall–Kier alpha value is -3.09. The Kier molecular flexibility index (Phi) is 4.83. The third-order valence-corrected chi connectivity index (χ3v) is 4.02. The number of rotatable bonds is 4. The van der Waals surface area contributed by atoms with Gasteiger partial charge in [0.2, 0.25) is 11.8 Å². The Balaban J connectivity index is 1.65. The number of anilines is 2. The van der Waals surface area contributed by atoms with E-state index in [0.29, 0.717) is 24.3 Å². The molecule has 1 saturated heterocycles. The normalized spacial score (nSPS) is 16.5. The minimum atomic E-state index is -0.521. The lowest BCUT2D eigenvalue weighted by Crippen LogP contribution is -2.43. The van der Waals surface area contributed by atoms with Crippen LogP contribution in [0.25, 0.3) is 0 Å². The van der Waals surface area contributed by atoms with Crippen molar-refractivity contribution in [1.82, 2.24) is 4.90 Å². The molecule has 1 aromatic heterocycles. The summed E-state index contributed by atoms with van der Waals surface area (Å²) in [6, 6.07) is 9.54. The van der Waals surface area contributed by atoms with Crippen LogP contribution in [0, 0.1) is 0 Å². The first-order chi connectivity index (χ1) is 12.0. The molecule has 1 aromatic carbocycles. The van der Waals surface area contributed by atoms with Crippen molar-refractivity contribution < 1.29 is 18.8 Å². The van der Waals surface area contributed by atoms with Gasteiger partial charge in [0.1, 0.15) is 6.04 Å². The van der Waals surface area contributed by atoms with Gasteiger partial charge in [0.05, 0.1) is 6.26 Å². The number of likely N-dealkylation sites (tertiary alicyclic amines) is 1. The number of amides is 3. The lowest BCUT2D eigenvalue weighted by molar-refractivity contribution is -0.119. The fraction of sp³-hybridized carbons (Fsp3) is 0.278. The zero-order valence-corrected chi connectivity index (χ0v) is 13.8. The Bertz CT molecular complexity index is 768. The summed E-state index contributed by atoms with van der Waals surface area (Å²) in [5, 5.41) is 5.48. The Morgan fingerprint density at radius 1 is 1.08 bits per heavy atom. The molecule has 1 fully saturated rings. The number of benzene rings is 1. The van der Waals surface area contributed by atoms with Crippen molar-refractivity contribution in [3.8, 4) is 0 Å². The molecule has 2 aromatic rings. The molecule has 0 saturated carbocycles. The number of hydrogen-bond donors (Lipinski definition) is 2. The zero-order chi connectivity index (χ0) is 17.8. The summed E-state index contributed by atoms with van der Waals surface area (Å²) in [6.07, 6.45) is 2.82. The first-order valence-electron chi connectivity index (χ1n) is 8.07. The van der Waals surface area contributed by atoms with Crippen LogP contribution < -0.4 is 10.6 Å². The Morgan fingerprint density at radius 3 is 2.36 bits per heavy atom. The first-order valence-corrected chi connectivity index (χ1v) is 8.07. The molecule has 2 heterocycles. The summed E-state index contributed by atoms with van der Waals surface area (Å²) in [7, 11) is 0. The minimum Gasteiger partial charge on any atom is -0.459 e. The van der Waals surface area contributed by atoms with Crippen molar-refractivity contribution in [1.29, 1.82) is 0 Å². The summed E-state index contributed by atoms with van der Waals surface area (Å²) in [4.78, 5) is 37.6. The molecular weight excluding hydrogens is 322 g/mol. The molecule has 0 bridgehead atoms. The van der Waals surface area contributed by atoms with E-state index in [4.69, 9.17) is 4.42 Å². The number of nitrogens with zero attached hydrogens (tertiary/aromatic N) is 1. The van der Waals surface area contributed by atoms with Crippen LogP contribution in [0.3, 0.4) is 0 Å². The van der Waals surface area contributed by atoms with E-state index in [0.717, 1.165) is 6.42 Å². The van der Waals surface area contributed by atoms with E-state index in [1.165, 1.54) is 13.2 Å². The van der Waals surface area contributed by atoms with Gasteiger partial charge < -0.3 is 20.0 Å². The molecule has 3 rings (SSSR count). The second kappa shape index (κ2) is 7.21. The van der Waals surface area contributed by atoms with E-state index in [-0.39, 0.29) is 23.5 Å². The van der Waals surface area contributed by atoms with Crippen LogP contribution in [0.5, 0.6) is 0 Å². The zero-order valence-electron chi connectivity index (χ0n) is 13.8. The molecule has 25 heavy (non-hydrogen) atoms. The largest absolute Gasteiger partial charge is 0.459 e. The SMILES string of the molecule is CC(=O)Nc1ccc(NC(=O)C2CCCN2C(=O)c2ccco2)cc1. The second-order valence-electron chi connectivity index (χ2n) is 5.88. The van der Waals surface area contributed by atoms with Crippen LogP contribution in [-0.2, 0) is 9.59 Å². The van der Waals surface area contributed by atoms with Gasteiger partial charge in [-0.25, -0.2) is 0 Å². The molecule has 3 amide bonds. The highest BCUT2D eigenvalue weighted by Crippen LogP contribution is 2.22. The molecule has 7 heteroatoms. The van der Waals surface area contributed by atoms with Gasteiger partial charge in [-0.2, -0.15) is 0 Å². The summed E-state index contributed by atoms with van der Waals surface area (Å²) in [5.74, 6) is -0.428. The number of furan rings is 1. The number of hydrogen-bond acceptors (Lipinski definition) is 4. The van der Waals surface area contributed by atoms with Gasteiger partial charge >= 0.3 is 0 Å². The molecule has 130 valence electrons. The molecule has 0 spiro atoms. The highest BCUT2D eigenvalue weighted by Gasteiger charge is 2.35. The van der Waals surface area contributed by atoms with Crippen LogP contribution in [0.15, 0.2) is 47.1 Å². The third-order valence-electron chi connectivity index (χ3n) is 4.02. The van der Waals surface area contributed by atoms with E-state index in [2.05, 4.69) is 10.6 Å². The molecule has 0 aliphatic carbocycles. The van der Waals surface area contributed by atoms with E-state index in [9.17, 15) is 14.4 Å². The minimum absolute atomic E-state index is 0.158.